The Morgan fingerprint density at radius 1 is 1.53 bits per heavy atom. The Bertz CT molecular complexity index is 370. The van der Waals surface area contributed by atoms with Gasteiger partial charge < -0.3 is 16.0 Å². The van der Waals surface area contributed by atoms with Crippen LogP contribution in [0.2, 0.25) is 0 Å². The second-order valence-electron chi connectivity index (χ2n) is 3.48. The van der Waals surface area contributed by atoms with Gasteiger partial charge in [-0.25, -0.2) is 4.98 Å². The Morgan fingerprint density at radius 3 is 2.73 bits per heavy atom. The maximum absolute atomic E-state index is 12.0. The van der Waals surface area contributed by atoms with Crippen LogP contribution in [0.15, 0.2) is 0 Å². The molecule has 1 saturated heterocycles. The van der Waals surface area contributed by atoms with E-state index in [9.17, 15) is 4.79 Å². The maximum Gasteiger partial charge on any atom is 0.267 e. The van der Waals surface area contributed by atoms with E-state index in [2.05, 4.69) is 10.3 Å². The molecule has 1 fully saturated rings. The topological polar surface area (TPSA) is 71.2 Å². The lowest BCUT2D eigenvalue weighted by molar-refractivity contribution is 0.0798. The van der Waals surface area contributed by atoms with Crippen LogP contribution < -0.4 is 11.1 Å². The fraction of sp³-hybridized carbons (Fsp3) is 0.556. The third-order valence-electron chi connectivity index (χ3n) is 2.45. The van der Waals surface area contributed by atoms with Gasteiger partial charge in [-0.3, -0.25) is 4.79 Å². The first-order chi connectivity index (χ1) is 7.22. The molecular formula is C9H14N4OS. The van der Waals surface area contributed by atoms with Crippen LogP contribution in [0, 0.1) is 0 Å². The van der Waals surface area contributed by atoms with Gasteiger partial charge in [0.1, 0.15) is 10.7 Å². The second-order valence-corrected chi connectivity index (χ2v) is 4.48. The molecule has 15 heavy (non-hydrogen) atoms. The van der Waals surface area contributed by atoms with Crippen LogP contribution >= 0.6 is 11.3 Å². The third-order valence-corrected chi connectivity index (χ3v) is 3.53. The number of nitrogens with one attached hydrogen (secondary N) is 1. The van der Waals surface area contributed by atoms with Crippen LogP contribution in [0.5, 0.6) is 0 Å². The molecule has 2 heterocycles. The van der Waals surface area contributed by atoms with Crippen LogP contribution in [0.1, 0.15) is 22.5 Å². The predicted octanol–water partition coefficient (Wildman–Crippen LogP) is 1.00. The average molecular weight is 226 g/mol. The molecule has 0 saturated carbocycles. The average Bonchev–Trinajstić information content (AvgIpc) is 2.85. The van der Waals surface area contributed by atoms with Crippen molar-refractivity contribution < 1.29 is 4.79 Å². The molecule has 6 heteroatoms. The highest BCUT2D eigenvalue weighted by atomic mass is 32.1. The van der Waals surface area contributed by atoms with Gasteiger partial charge in [-0.15, -0.1) is 0 Å². The third kappa shape index (κ3) is 1.90. The molecule has 1 amide bonds. The molecule has 82 valence electrons. The summed E-state index contributed by atoms with van der Waals surface area (Å²) in [6.45, 7) is 1.68. The fourth-order valence-corrected chi connectivity index (χ4v) is 2.46. The highest BCUT2D eigenvalue weighted by Crippen LogP contribution is 2.26. The Hall–Kier alpha value is -1.30. The van der Waals surface area contributed by atoms with Crippen molar-refractivity contribution in [1.29, 1.82) is 0 Å². The van der Waals surface area contributed by atoms with Crippen molar-refractivity contribution in [3.05, 3.63) is 4.88 Å². The van der Waals surface area contributed by atoms with Gasteiger partial charge in [0.15, 0.2) is 5.13 Å². The molecule has 0 spiro atoms. The number of rotatable bonds is 2. The summed E-state index contributed by atoms with van der Waals surface area (Å²) in [4.78, 5) is 18.4. The summed E-state index contributed by atoms with van der Waals surface area (Å²) in [5.41, 5.74) is 5.70. The Morgan fingerprint density at radius 2 is 2.20 bits per heavy atom. The van der Waals surface area contributed by atoms with E-state index in [-0.39, 0.29) is 5.91 Å². The largest absolute Gasteiger partial charge is 0.382 e. The number of hydrogen-bond donors (Lipinski definition) is 2. The zero-order chi connectivity index (χ0) is 10.8. The van der Waals surface area contributed by atoms with Crippen LogP contribution in [0.25, 0.3) is 0 Å². The number of thiazole rings is 1. The molecule has 1 aromatic heterocycles. The predicted molar refractivity (Wildman–Crippen MR) is 61.2 cm³/mol. The normalized spacial score (nSPS) is 15.7. The van der Waals surface area contributed by atoms with Gasteiger partial charge in [0.2, 0.25) is 0 Å². The van der Waals surface area contributed by atoms with Gasteiger partial charge in [0.25, 0.3) is 5.91 Å². The molecule has 0 bridgehead atoms. The summed E-state index contributed by atoms with van der Waals surface area (Å²) in [7, 11) is 1.77. The van der Waals surface area contributed by atoms with Crippen molar-refractivity contribution in [3.8, 4) is 0 Å². The summed E-state index contributed by atoms with van der Waals surface area (Å²) < 4.78 is 0. The quantitative estimate of drug-likeness (QED) is 0.789. The fourth-order valence-electron chi connectivity index (χ4n) is 1.66. The zero-order valence-electron chi connectivity index (χ0n) is 8.62. The highest BCUT2D eigenvalue weighted by Gasteiger charge is 2.24. The second kappa shape index (κ2) is 4.06. The first-order valence-corrected chi connectivity index (χ1v) is 5.77. The number of nitrogen functional groups attached to an aromatic ring is 1. The van der Waals surface area contributed by atoms with Gasteiger partial charge >= 0.3 is 0 Å². The number of aromatic nitrogens is 1. The van der Waals surface area contributed by atoms with E-state index >= 15 is 0 Å². The lowest BCUT2D eigenvalue weighted by Gasteiger charge is -2.13. The standard InChI is InChI=1S/C9H14N4OS/c1-11-9-12-7(10)6(15-9)8(14)13-4-2-3-5-13/h2-5,10H2,1H3,(H,11,12). The number of nitrogens with zero attached hydrogens (tertiary/aromatic N) is 2. The van der Waals surface area contributed by atoms with Crippen LogP contribution in [0.3, 0.4) is 0 Å². The Labute approximate surface area is 92.3 Å². The number of carbonyl (C=O) groups is 1. The van der Waals surface area contributed by atoms with E-state index < -0.39 is 0 Å². The van der Waals surface area contributed by atoms with Crippen molar-refractivity contribution >= 4 is 28.2 Å². The number of anilines is 2. The molecule has 3 N–H and O–H groups in total. The summed E-state index contributed by atoms with van der Waals surface area (Å²) in [6, 6.07) is 0. The van der Waals surface area contributed by atoms with Gasteiger partial charge in [-0.2, -0.15) is 0 Å². The van der Waals surface area contributed by atoms with Crippen molar-refractivity contribution in [1.82, 2.24) is 9.88 Å². The zero-order valence-corrected chi connectivity index (χ0v) is 9.43. The molecule has 0 atom stereocenters. The van der Waals surface area contributed by atoms with Crippen LogP contribution in [-0.2, 0) is 0 Å². The van der Waals surface area contributed by atoms with Crippen molar-refractivity contribution in [2.75, 3.05) is 31.2 Å². The minimum Gasteiger partial charge on any atom is -0.382 e. The molecule has 0 aliphatic carbocycles. The molecule has 1 aromatic rings. The van der Waals surface area contributed by atoms with Crippen LogP contribution in [0.4, 0.5) is 10.9 Å². The summed E-state index contributed by atoms with van der Waals surface area (Å²) >= 11 is 1.32. The minimum atomic E-state index is 0.0176. The van der Waals surface area contributed by atoms with Gasteiger partial charge in [-0.1, -0.05) is 11.3 Å². The van der Waals surface area contributed by atoms with E-state index in [0.29, 0.717) is 15.8 Å². The number of nitrogens with two attached hydrogens (primary N) is 1. The monoisotopic (exact) mass is 226 g/mol. The van der Waals surface area contributed by atoms with Gasteiger partial charge in [-0.05, 0) is 12.8 Å². The Balaban J connectivity index is 2.20. The summed E-state index contributed by atoms with van der Waals surface area (Å²) in [5, 5.41) is 3.58. The highest BCUT2D eigenvalue weighted by molar-refractivity contribution is 7.18. The van der Waals surface area contributed by atoms with E-state index in [1.54, 1.807) is 7.05 Å². The molecular weight excluding hydrogens is 212 g/mol. The first-order valence-electron chi connectivity index (χ1n) is 4.95. The lowest BCUT2D eigenvalue weighted by Crippen LogP contribution is -2.27. The van der Waals surface area contributed by atoms with E-state index in [1.165, 1.54) is 11.3 Å². The van der Waals surface area contributed by atoms with Crippen molar-refractivity contribution in [2.24, 2.45) is 0 Å². The molecule has 2 rings (SSSR count). The number of hydrogen-bond acceptors (Lipinski definition) is 5. The van der Waals surface area contributed by atoms with Crippen LogP contribution in [-0.4, -0.2) is 35.9 Å². The molecule has 0 aromatic carbocycles. The first kappa shape index (κ1) is 10.2. The van der Waals surface area contributed by atoms with Crippen molar-refractivity contribution in [2.45, 2.75) is 12.8 Å². The van der Waals surface area contributed by atoms with E-state index in [1.807, 2.05) is 4.90 Å². The number of likely N-dealkylation sites (tertiary alicyclic amines) is 1. The number of carbonyl (C=O) groups excluding carboxylic acids is 1. The van der Waals surface area contributed by atoms with E-state index in [4.69, 9.17) is 5.73 Å². The SMILES string of the molecule is CNc1nc(N)c(C(=O)N2CCCC2)s1. The minimum absolute atomic E-state index is 0.0176. The molecule has 1 aliphatic rings. The number of amides is 1. The smallest absolute Gasteiger partial charge is 0.267 e. The van der Waals surface area contributed by atoms with Crippen molar-refractivity contribution in [3.63, 3.8) is 0 Å². The van der Waals surface area contributed by atoms with Gasteiger partial charge in [0, 0.05) is 20.1 Å². The van der Waals surface area contributed by atoms with E-state index in [0.717, 1.165) is 25.9 Å². The molecule has 0 unspecified atom stereocenters. The maximum atomic E-state index is 12.0. The molecule has 5 nitrogen and oxygen atoms in total. The summed E-state index contributed by atoms with van der Waals surface area (Å²) in [6.07, 6.45) is 2.17. The van der Waals surface area contributed by atoms with Gasteiger partial charge in [0.05, 0.1) is 0 Å². The molecule has 1 aliphatic heterocycles. The molecule has 0 radical (unpaired) electrons. The lowest BCUT2D eigenvalue weighted by atomic mass is 10.4. The summed E-state index contributed by atoms with van der Waals surface area (Å²) in [5.74, 6) is 0.352. The Kier molecular flexibility index (Phi) is 2.77.